The Kier molecular flexibility index (Phi) is 13.0. The Morgan fingerprint density at radius 1 is 1.17 bits per heavy atom. The third-order valence-electron chi connectivity index (χ3n) is 3.53. The van der Waals surface area contributed by atoms with Gasteiger partial charge in [-0.1, -0.05) is 26.0 Å². The molecule has 0 unspecified atom stereocenters. The minimum Gasteiger partial charge on any atom is -0.492 e. The van der Waals surface area contributed by atoms with E-state index >= 15 is 0 Å². The zero-order valence-electron chi connectivity index (χ0n) is 15.0. The zero-order valence-corrected chi connectivity index (χ0v) is 16.6. The standard InChI is InChI=1S/C17H29N3O2.2ClH/c1-5-20(6-2)11-12-22-15-9-7-14(8-10-15)13-19-16(21)17(3,4)18;;/h7-10H,5-6,11-13,18H2,1-4H3,(H,19,21);2*1H. The number of nitrogens with one attached hydrogen (secondary N) is 1. The highest BCUT2D eigenvalue weighted by atomic mass is 35.5. The zero-order chi connectivity index (χ0) is 16.6. The molecule has 0 saturated heterocycles. The predicted octanol–water partition coefficient (Wildman–Crippen LogP) is 2.60. The minimum atomic E-state index is -0.854. The van der Waals surface area contributed by atoms with E-state index in [1.165, 1.54) is 0 Å². The quantitative estimate of drug-likeness (QED) is 0.691. The number of likely N-dealkylation sites (N-methyl/N-ethyl adjacent to an activating group) is 1. The molecule has 140 valence electrons. The molecule has 7 heteroatoms. The molecule has 0 aromatic heterocycles. The highest BCUT2D eigenvalue weighted by Gasteiger charge is 2.20. The largest absolute Gasteiger partial charge is 0.492 e. The molecule has 0 fully saturated rings. The van der Waals surface area contributed by atoms with Gasteiger partial charge >= 0.3 is 0 Å². The molecule has 0 spiro atoms. The van der Waals surface area contributed by atoms with E-state index in [1.807, 2.05) is 24.3 Å². The molecule has 1 aromatic rings. The second-order valence-corrected chi connectivity index (χ2v) is 5.92. The summed E-state index contributed by atoms with van der Waals surface area (Å²) in [6.45, 7) is 11.8. The lowest BCUT2D eigenvalue weighted by atomic mass is 10.1. The topological polar surface area (TPSA) is 67.6 Å². The van der Waals surface area contributed by atoms with E-state index in [0.717, 1.165) is 30.9 Å². The fourth-order valence-electron chi connectivity index (χ4n) is 1.95. The SMILES string of the molecule is CCN(CC)CCOc1ccc(CNC(=O)C(C)(C)N)cc1.Cl.Cl. The van der Waals surface area contributed by atoms with Gasteiger partial charge in [0, 0.05) is 13.1 Å². The summed E-state index contributed by atoms with van der Waals surface area (Å²) < 4.78 is 5.73. The second-order valence-electron chi connectivity index (χ2n) is 5.92. The van der Waals surface area contributed by atoms with Crippen LogP contribution in [-0.4, -0.2) is 42.6 Å². The normalized spacial score (nSPS) is 10.6. The van der Waals surface area contributed by atoms with Crippen LogP contribution in [-0.2, 0) is 11.3 Å². The lowest BCUT2D eigenvalue weighted by molar-refractivity contribution is -0.125. The van der Waals surface area contributed by atoms with E-state index in [2.05, 4.69) is 24.1 Å². The van der Waals surface area contributed by atoms with Gasteiger partial charge in [-0.2, -0.15) is 0 Å². The molecule has 0 aliphatic heterocycles. The Labute approximate surface area is 158 Å². The van der Waals surface area contributed by atoms with Gasteiger partial charge in [0.05, 0.1) is 5.54 Å². The van der Waals surface area contributed by atoms with Gasteiger partial charge in [0.1, 0.15) is 12.4 Å². The van der Waals surface area contributed by atoms with Crippen LogP contribution in [0.25, 0.3) is 0 Å². The first kappa shape index (κ1) is 25.2. The number of halogens is 2. The van der Waals surface area contributed by atoms with Crippen molar-refractivity contribution in [3.05, 3.63) is 29.8 Å². The maximum Gasteiger partial charge on any atom is 0.239 e. The first-order valence-corrected chi connectivity index (χ1v) is 7.88. The van der Waals surface area contributed by atoms with Gasteiger partial charge in [-0.3, -0.25) is 4.79 Å². The van der Waals surface area contributed by atoms with Gasteiger partial charge in [0.2, 0.25) is 5.91 Å². The van der Waals surface area contributed by atoms with Crippen molar-refractivity contribution in [2.75, 3.05) is 26.2 Å². The molecule has 0 radical (unpaired) electrons. The van der Waals surface area contributed by atoms with Crippen LogP contribution < -0.4 is 15.8 Å². The molecule has 1 aromatic carbocycles. The third kappa shape index (κ3) is 9.33. The van der Waals surface area contributed by atoms with Crippen molar-refractivity contribution in [1.29, 1.82) is 0 Å². The number of ether oxygens (including phenoxy) is 1. The first-order valence-electron chi connectivity index (χ1n) is 7.88. The van der Waals surface area contributed by atoms with Crippen molar-refractivity contribution in [3.8, 4) is 5.75 Å². The molecule has 5 nitrogen and oxygen atoms in total. The molecule has 0 saturated carbocycles. The molecule has 1 amide bonds. The lowest BCUT2D eigenvalue weighted by Crippen LogP contribution is -2.48. The molecule has 0 aliphatic carbocycles. The van der Waals surface area contributed by atoms with Gasteiger partial charge in [-0.25, -0.2) is 0 Å². The maximum atomic E-state index is 11.7. The van der Waals surface area contributed by atoms with Crippen molar-refractivity contribution in [2.45, 2.75) is 39.8 Å². The highest BCUT2D eigenvalue weighted by Crippen LogP contribution is 2.12. The predicted molar refractivity (Wildman–Crippen MR) is 104 cm³/mol. The number of amides is 1. The monoisotopic (exact) mass is 379 g/mol. The summed E-state index contributed by atoms with van der Waals surface area (Å²) in [4.78, 5) is 14.0. The summed E-state index contributed by atoms with van der Waals surface area (Å²) in [6, 6.07) is 7.77. The average molecular weight is 380 g/mol. The summed E-state index contributed by atoms with van der Waals surface area (Å²) in [6.07, 6.45) is 0. The van der Waals surface area contributed by atoms with Crippen molar-refractivity contribution in [3.63, 3.8) is 0 Å². The number of hydrogen-bond donors (Lipinski definition) is 2. The van der Waals surface area contributed by atoms with Crippen LogP contribution in [0.2, 0.25) is 0 Å². The van der Waals surface area contributed by atoms with Gasteiger partial charge < -0.3 is 20.7 Å². The van der Waals surface area contributed by atoms with Gasteiger partial charge in [0.25, 0.3) is 0 Å². The van der Waals surface area contributed by atoms with Crippen LogP contribution in [0.1, 0.15) is 33.3 Å². The maximum absolute atomic E-state index is 11.7. The fraction of sp³-hybridized carbons (Fsp3) is 0.588. The molecule has 0 bridgehead atoms. The van der Waals surface area contributed by atoms with Gasteiger partial charge in [-0.05, 0) is 44.6 Å². The number of carbonyl (C=O) groups excluding carboxylic acids is 1. The number of benzene rings is 1. The highest BCUT2D eigenvalue weighted by molar-refractivity contribution is 5.85. The molecular formula is C17H31Cl2N3O2. The summed E-state index contributed by atoms with van der Waals surface area (Å²) in [5.41, 5.74) is 5.90. The summed E-state index contributed by atoms with van der Waals surface area (Å²) in [5, 5.41) is 2.82. The minimum absolute atomic E-state index is 0. The Hall–Kier alpha value is -1.01. The van der Waals surface area contributed by atoms with E-state index in [1.54, 1.807) is 13.8 Å². The van der Waals surface area contributed by atoms with Crippen LogP contribution in [0.5, 0.6) is 5.75 Å². The summed E-state index contributed by atoms with van der Waals surface area (Å²) >= 11 is 0. The Morgan fingerprint density at radius 2 is 1.71 bits per heavy atom. The number of nitrogens with two attached hydrogens (primary N) is 1. The van der Waals surface area contributed by atoms with Crippen LogP contribution in [0.15, 0.2) is 24.3 Å². The first-order chi connectivity index (χ1) is 10.4. The summed E-state index contributed by atoms with van der Waals surface area (Å²) in [7, 11) is 0. The molecule has 3 N–H and O–H groups in total. The van der Waals surface area contributed by atoms with E-state index in [4.69, 9.17) is 10.5 Å². The van der Waals surface area contributed by atoms with E-state index in [-0.39, 0.29) is 30.7 Å². The molecule has 0 heterocycles. The molecule has 0 aliphatic rings. The summed E-state index contributed by atoms with van der Waals surface area (Å²) in [5.74, 6) is 0.688. The van der Waals surface area contributed by atoms with Gasteiger partial charge in [0.15, 0.2) is 0 Å². The fourth-order valence-corrected chi connectivity index (χ4v) is 1.95. The number of nitrogens with zero attached hydrogens (tertiary/aromatic N) is 1. The van der Waals surface area contributed by atoms with Crippen LogP contribution in [0.4, 0.5) is 0 Å². The molecule has 1 rings (SSSR count). The number of carbonyl (C=O) groups is 1. The van der Waals surface area contributed by atoms with E-state index in [9.17, 15) is 4.79 Å². The third-order valence-corrected chi connectivity index (χ3v) is 3.53. The smallest absolute Gasteiger partial charge is 0.239 e. The van der Waals surface area contributed by atoms with E-state index in [0.29, 0.717) is 13.2 Å². The Bertz CT molecular complexity index is 458. The van der Waals surface area contributed by atoms with Gasteiger partial charge in [-0.15, -0.1) is 24.8 Å². The van der Waals surface area contributed by atoms with Crippen LogP contribution in [0, 0.1) is 0 Å². The van der Waals surface area contributed by atoms with Crippen molar-refractivity contribution < 1.29 is 9.53 Å². The second kappa shape index (κ2) is 12.4. The lowest BCUT2D eigenvalue weighted by Gasteiger charge is -2.18. The van der Waals surface area contributed by atoms with Crippen molar-refractivity contribution >= 4 is 30.7 Å². The molecule has 24 heavy (non-hydrogen) atoms. The number of rotatable bonds is 9. The molecule has 0 atom stereocenters. The van der Waals surface area contributed by atoms with Crippen molar-refractivity contribution in [1.82, 2.24) is 10.2 Å². The van der Waals surface area contributed by atoms with E-state index < -0.39 is 5.54 Å². The Morgan fingerprint density at radius 3 is 2.17 bits per heavy atom. The number of hydrogen-bond acceptors (Lipinski definition) is 4. The van der Waals surface area contributed by atoms with Crippen LogP contribution >= 0.6 is 24.8 Å². The Balaban J connectivity index is 0. The van der Waals surface area contributed by atoms with Crippen molar-refractivity contribution in [2.24, 2.45) is 5.73 Å². The molecular weight excluding hydrogens is 349 g/mol. The average Bonchev–Trinajstić information content (AvgIpc) is 2.49. The van der Waals surface area contributed by atoms with Crippen LogP contribution in [0.3, 0.4) is 0 Å².